The number of piperazine rings is 1. The first-order valence-electron chi connectivity index (χ1n) is 11.3. The molecule has 5 rings (SSSR count). The molecule has 3 aromatic carbocycles. The van der Waals surface area contributed by atoms with E-state index in [1.165, 1.54) is 4.90 Å². The summed E-state index contributed by atoms with van der Waals surface area (Å²) < 4.78 is 0. The SMILES string of the molecule is O=C1CC(c2ccccc2)(c2ccccc2)C(=O)N1CN1CCN(c2ccc(Cl)cc2)CC1. The second-order valence-corrected chi connectivity index (χ2v) is 9.10. The van der Waals surface area contributed by atoms with E-state index in [9.17, 15) is 9.59 Å². The third-order valence-corrected chi connectivity index (χ3v) is 7.02. The Kier molecular flexibility index (Phi) is 5.92. The van der Waals surface area contributed by atoms with Crippen LogP contribution in [0.2, 0.25) is 5.02 Å². The van der Waals surface area contributed by atoms with E-state index in [4.69, 9.17) is 11.6 Å². The molecular weight excluding hydrogens is 434 g/mol. The number of rotatable bonds is 5. The maximum Gasteiger partial charge on any atom is 0.245 e. The van der Waals surface area contributed by atoms with Crippen LogP contribution in [0.5, 0.6) is 0 Å². The number of amides is 2. The molecule has 0 N–H and O–H groups in total. The fourth-order valence-electron chi connectivity index (χ4n) is 4.95. The lowest BCUT2D eigenvalue weighted by atomic mass is 9.73. The Morgan fingerprint density at radius 1 is 0.727 bits per heavy atom. The van der Waals surface area contributed by atoms with Crippen molar-refractivity contribution in [3.8, 4) is 0 Å². The molecule has 2 aliphatic heterocycles. The molecule has 168 valence electrons. The minimum Gasteiger partial charge on any atom is -0.369 e. The Labute approximate surface area is 199 Å². The highest BCUT2D eigenvalue weighted by molar-refractivity contribution is 6.30. The maximum absolute atomic E-state index is 13.9. The smallest absolute Gasteiger partial charge is 0.245 e. The third kappa shape index (κ3) is 4.03. The molecule has 2 amide bonds. The van der Waals surface area contributed by atoms with Gasteiger partial charge in [0.2, 0.25) is 11.8 Å². The van der Waals surface area contributed by atoms with E-state index in [-0.39, 0.29) is 18.2 Å². The first-order valence-corrected chi connectivity index (χ1v) is 11.6. The minimum absolute atomic E-state index is 0.118. The Morgan fingerprint density at radius 2 is 1.27 bits per heavy atom. The molecule has 0 bridgehead atoms. The van der Waals surface area contributed by atoms with Crippen LogP contribution in [0.3, 0.4) is 0 Å². The van der Waals surface area contributed by atoms with E-state index in [2.05, 4.69) is 9.80 Å². The van der Waals surface area contributed by atoms with E-state index < -0.39 is 5.41 Å². The maximum atomic E-state index is 13.9. The van der Waals surface area contributed by atoms with Crippen LogP contribution in [0.15, 0.2) is 84.9 Å². The predicted octanol–water partition coefficient (Wildman–Crippen LogP) is 4.16. The first kappa shape index (κ1) is 21.7. The van der Waals surface area contributed by atoms with Gasteiger partial charge in [-0.15, -0.1) is 0 Å². The van der Waals surface area contributed by atoms with Crippen LogP contribution in [0, 0.1) is 0 Å². The molecular formula is C27H26ClN3O2. The average molecular weight is 460 g/mol. The highest BCUT2D eigenvalue weighted by atomic mass is 35.5. The monoisotopic (exact) mass is 459 g/mol. The van der Waals surface area contributed by atoms with Crippen LogP contribution in [0.1, 0.15) is 17.5 Å². The summed E-state index contributed by atoms with van der Waals surface area (Å²) in [6.45, 7) is 3.56. The van der Waals surface area contributed by atoms with Gasteiger partial charge < -0.3 is 4.90 Å². The molecule has 2 fully saturated rings. The Balaban J connectivity index is 1.34. The molecule has 6 heteroatoms. The fourth-order valence-corrected chi connectivity index (χ4v) is 5.07. The van der Waals surface area contributed by atoms with Crippen LogP contribution in [-0.4, -0.2) is 54.5 Å². The summed E-state index contributed by atoms with van der Waals surface area (Å²) in [6.07, 6.45) is 0.157. The number of nitrogens with zero attached hydrogens (tertiary/aromatic N) is 3. The van der Waals surface area contributed by atoms with Crippen LogP contribution < -0.4 is 4.90 Å². The fraction of sp³-hybridized carbons (Fsp3) is 0.259. The first-order chi connectivity index (χ1) is 16.1. The van der Waals surface area contributed by atoms with Crippen LogP contribution in [-0.2, 0) is 15.0 Å². The number of likely N-dealkylation sites (tertiary alicyclic amines) is 1. The van der Waals surface area contributed by atoms with E-state index in [1.807, 2.05) is 84.9 Å². The zero-order valence-electron chi connectivity index (χ0n) is 18.4. The number of halogens is 1. The number of hydrogen-bond donors (Lipinski definition) is 0. The van der Waals surface area contributed by atoms with Gasteiger partial charge in [-0.25, -0.2) is 0 Å². The summed E-state index contributed by atoms with van der Waals surface area (Å²) >= 11 is 6.01. The van der Waals surface area contributed by atoms with Crippen molar-refractivity contribution >= 4 is 29.1 Å². The van der Waals surface area contributed by atoms with Gasteiger partial charge in [-0.1, -0.05) is 72.3 Å². The van der Waals surface area contributed by atoms with E-state index >= 15 is 0 Å². The lowest BCUT2D eigenvalue weighted by Crippen LogP contribution is -2.52. The van der Waals surface area contributed by atoms with Gasteiger partial charge in [0.05, 0.1) is 6.67 Å². The van der Waals surface area contributed by atoms with E-state index in [0.717, 1.165) is 48.0 Å². The Morgan fingerprint density at radius 3 is 1.82 bits per heavy atom. The summed E-state index contributed by atoms with van der Waals surface area (Å²) in [5.74, 6) is -0.252. The molecule has 0 radical (unpaired) electrons. The molecule has 2 aliphatic rings. The van der Waals surface area contributed by atoms with Gasteiger partial charge in [-0.05, 0) is 35.4 Å². The van der Waals surface area contributed by atoms with Gasteiger partial charge in [0.1, 0.15) is 5.41 Å². The second kappa shape index (κ2) is 9.00. The minimum atomic E-state index is -0.968. The average Bonchev–Trinajstić information content (AvgIpc) is 3.12. The van der Waals surface area contributed by atoms with Crippen molar-refractivity contribution in [1.29, 1.82) is 0 Å². The molecule has 0 unspecified atom stereocenters. The molecule has 0 aliphatic carbocycles. The summed E-state index contributed by atoms with van der Waals surface area (Å²) in [5, 5.41) is 0.726. The van der Waals surface area contributed by atoms with Crippen molar-refractivity contribution in [3.05, 3.63) is 101 Å². The van der Waals surface area contributed by atoms with Gasteiger partial charge in [0.15, 0.2) is 0 Å². The largest absolute Gasteiger partial charge is 0.369 e. The topological polar surface area (TPSA) is 43.9 Å². The summed E-state index contributed by atoms with van der Waals surface area (Å²) in [5.41, 5.74) is 1.90. The molecule has 0 spiro atoms. The van der Waals surface area contributed by atoms with E-state index in [0.29, 0.717) is 6.67 Å². The number of imide groups is 1. The number of benzene rings is 3. The molecule has 0 saturated carbocycles. The Bertz CT molecular complexity index is 1090. The second-order valence-electron chi connectivity index (χ2n) is 8.66. The summed E-state index contributed by atoms with van der Waals surface area (Å²) in [6, 6.07) is 27.2. The van der Waals surface area contributed by atoms with Crippen molar-refractivity contribution in [1.82, 2.24) is 9.80 Å². The number of anilines is 1. The molecule has 0 aromatic heterocycles. The molecule has 5 nitrogen and oxygen atoms in total. The number of hydrogen-bond acceptors (Lipinski definition) is 4. The standard InChI is InChI=1S/C27H26ClN3O2/c28-23-11-13-24(14-12-23)30-17-15-29(16-18-30)20-31-25(32)19-27(26(31)33,21-7-3-1-4-8-21)22-9-5-2-6-10-22/h1-14H,15-20H2. The molecule has 2 saturated heterocycles. The zero-order chi connectivity index (χ0) is 22.8. The molecule has 33 heavy (non-hydrogen) atoms. The van der Waals surface area contributed by atoms with E-state index in [1.54, 1.807) is 0 Å². The number of carbonyl (C=O) groups is 2. The van der Waals surface area contributed by atoms with Crippen molar-refractivity contribution < 1.29 is 9.59 Å². The molecule has 2 heterocycles. The summed E-state index contributed by atoms with van der Waals surface area (Å²) in [4.78, 5) is 33.0. The van der Waals surface area contributed by atoms with Crippen molar-refractivity contribution in [2.24, 2.45) is 0 Å². The van der Waals surface area contributed by atoms with Crippen molar-refractivity contribution in [2.45, 2.75) is 11.8 Å². The number of carbonyl (C=O) groups excluding carboxylic acids is 2. The predicted molar refractivity (Wildman–Crippen MR) is 130 cm³/mol. The van der Waals surface area contributed by atoms with Crippen molar-refractivity contribution in [3.63, 3.8) is 0 Å². The highest BCUT2D eigenvalue weighted by Crippen LogP contribution is 2.42. The van der Waals surface area contributed by atoms with Gasteiger partial charge in [0.25, 0.3) is 0 Å². The van der Waals surface area contributed by atoms with Crippen LogP contribution in [0.25, 0.3) is 0 Å². The lowest BCUT2D eigenvalue weighted by Gasteiger charge is -2.37. The Hall–Kier alpha value is -3.15. The lowest BCUT2D eigenvalue weighted by molar-refractivity contribution is -0.142. The van der Waals surface area contributed by atoms with Gasteiger partial charge >= 0.3 is 0 Å². The van der Waals surface area contributed by atoms with Gasteiger partial charge in [0, 0.05) is 43.3 Å². The van der Waals surface area contributed by atoms with Crippen LogP contribution >= 0.6 is 11.6 Å². The van der Waals surface area contributed by atoms with Crippen molar-refractivity contribution in [2.75, 3.05) is 37.7 Å². The zero-order valence-corrected chi connectivity index (χ0v) is 19.1. The normalized spacial score (nSPS) is 18.7. The highest BCUT2D eigenvalue weighted by Gasteiger charge is 2.54. The van der Waals surface area contributed by atoms with Crippen LogP contribution in [0.4, 0.5) is 5.69 Å². The third-order valence-electron chi connectivity index (χ3n) is 6.77. The molecule has 3 aromatic rings. The van der Waals surface area contributed by atoms with Gasteiger partial charge in [-0.3, -0.25) is 19.4 Å². The quantitative estimate of drug-likeness (QED) is 0.537. The molecule has 0 atom stereocenters. The van der Waals surface area contributed by atoms with Gasteiger partial charge in [-0.2, -0.15) is 0 Å². The summed E-state index contributed by atoms with van der Waals surface area (Å²) in [7, 11) is 0.